The molecule has 0 aliphatic carbocycles. The molecule has 1 atom stereocenters. The van der Waals surface area contributed by atoms with Gasteiger partial charge in [0.2, 0.25) is 0 Å². The van der Waals surface area contributed by atoms with E-state index in [1.807, 2.05) is 43.3 Å². The third-order valence-corrected chi connectivity index (χ3v) is 5.06. The van der Waals surface area contributed by atoms with E-state index < -0.39 is 0 Å². The first-order chi connectivity index (χ1) is 13.7. The van der Waals surface area contributed by atoms with Gasteiger partial charge in [-0.05, 0) is 18.9 Å². The molecule has 2 heterocycles. The number of hydrogen-bond donors (Lipinski definition) is 1. The lowest BCUT2D eigenvalue weighted by Gasteiger charge is -2.17. The van der Waals surface area contributed by atoms with Crippen molar-refractivity contribution in [3.8, 4) is 11.3 Å². The van der Waals surface area contributed by atoms with Crippen LogP contribution in [0.4, 0.5) is 0 Å². The average Bonchev–Trinajstić information content (AvgIpc) is 3.16. The van der Waals surface area contributed by atoms with E-state index in [1.165, 1.54) is 5.56 Å². The van der Waals surface area contributed by atoms with Gasteiger partial charge in [0.1, 0.15) is 5.82 Å². The first-order valence-electron chi connectivity index (χ1n) is 9.65. The highest BCUT2D eigenvalue weighted by Gasteiger charge is 2.25. The number of amides is 1. The Morgan fingerprint density at radius 2 is 1.82 bits per heavy atom. The fourth-order valence-corrected chi connectivity index (χ4v) is 3.65. The Kier molecular flexibility index (Phi) is 5.44. The maximum Gasteiger partial charge on any atom is 0.255 e. The van der Waals surface area contributed by atoms with Crippen molar-refractivity contribution in [3.63, 3.8) is 0 Å². The minimum absolute atomic E-state index is 0.106. The lowest BCUT2D eigenvalue weighted by atomic mass is 10.1. The van der Waals surface area contributed by atoms with Gasteiger partial charge in [0.15, 0.2) is 0 Å². The Bertz CT molecular complexity index is 943. The molecule has 0 bridgehead atoms. The van der Waals surface area contributed by atoms with E-state index in [-0.39, 0.29) is 11.9 Å². The molecule has 1 fully saturated rings. The maximum atomic E-state index is 13.0. The summed E-state index contributed by atoms with van der Waals surface area (Å²) in [6.07, 6.45) is 2.59. The summed E-state index contributed by atoms with van der Waals surface area (Å²) in [5, 5.41) is 3.18. The Labute approximate surface area is 165 Å². The Balaban J connectivity index is 1.45. The van der Waals surface area contributed by atoms with Crippen molar-refractivity contribution in [1.82, 2.24) is 20.2 Å². The zero-order valence-corrected chi connectivity index (χ0v) is 16.0. The SMILES string of the molecule is Cc1ncc(C(=O)N[C@H]2CCN(Cc3ccccc3)C2)c(-c2ccccc2)n1. The molecule has 1 N–H and O–H groups in total. The second-order valence-corrected chi connectivity index (χ2v) is 7.23. The molecule has 0 saturated carbocycles. The van der Waals surface area contributed by atoms with Crippen LogP contribution in [0.15, 0.2) is 66.9 Å². The van der Waals surface area contributed by atoms with E-state index in [0.717, 1.165) is 31.6 Å². The number of rotatable bonds is 5. The molecule has 2 aromatic carbocycles. The molecule has 28 heavy (non-hydrogen) atoms. The Morgan fingerprint density at radius 3 is 2.57 bits per heavy atom. The molecule has 1 aromatic heterocycles. The largest absolute Gasteiger partial charge is 0.348 e. The lowest BCUT2D eigenvalue weighted by Crippen LogP contribution is -2.37. The molecule has 1 aliphatic heterocycles. The van der Waals surface area contributed by atoms with E-state index in [0.29, 0.717) is 17.1 Å². The summed E-state index contributed by atoms with van der Waals surface area (Å²) in [5.41, 5.74) is 3.44. The van der Waals surface area contributed by atoms with E-state index >= 15 is 0 Å². The molecule has 142 valence electrons. The van der Waals surface area contributed by atoms with Crippen molar-refractivity contribution < 1.29 is 4.79 Å². The van der Waals surface area contributed by atoms with Gasteiger partial charge in [-0.2, -0.15) is 0 Å². The van der Waals surface area contributed by atoms with Gasteiger partial charge in [0.05, 0.1) is 11.3 Å². The fourth-order valence-electron chi connectivity index (χ4n) is 3.65. The molecule has 1 aliphatic rings. The molecular formula is C23H24N4O. The van der Waals surface area contributed by atoms with Crippen molar-refractivity contribution in [2.75, 3.05) is 13.1 Å². The van der Waals surface area contributed by atoms with Gasteiger partial charge in [0, 0.05) is 37.4 Å². The molecule has 1 amide bonds. The van der Waals surface area contributed by atoms with Crippen molar-refractivity contribution in [2.24, 2.45) is 0 Å². The van der Waals surface area contributed by atoms with Crippen LogP contribution in [0.2, 0.25) is 0 Å². The van der Waals surface area contributed by atoms with E-state index in [4.69, 9.17) is 0 Å². The van der Waals surface area contributed by atoms with Crippen molar-refractivity contribution in [2.45, 2.75) is 25.9 Å². The highest BCUT2D eigenvalue weighted by Crippen LogP contribution is 2.22. The minimum atomic E-state index is -0.106. The van der Waals surface area contributed by atoms with Gasteiger partial charge in [0.25, 0.3) is 5.91 Å². The molecule has 5 heteroatoms. The number of benzene rings is 2. The standard InChI is InChI=1S/C23H24N4O/c1-17-24-14-21(22(25-17)19-10-6-3-7-11-19)23(28)26-20-12-13-27(16-20)15-18-8-4-2-5-9-18/h2-11,14,20H,12-13,15-16H2,1H3,(H,26,28)/t20-/m0/s1. The second kappa shape index (κ2) is 8.31. The molecule has 4 rings (SSSR count). The van der Waals surface area contributed by atoms with E-state index in [2.05, 4.69) is 44.5 Å². The zero-order chi connectivity index (χ0) is 19.3. The molecule has 1 saturated heterocycles. The van der Waals surface area contributed by atoms with Crippen LogP contribution in [-0.2, 0) is 6.54 Å². The van der Waals surface area contributed by atoms with Crippen LogP contribution < -0.4 is 5.32 Å². The summed E-state index contributed by atoms with van der Waals surface area (Å²) >= 11 is 0. The number of likely N-dealkylation sites (tertiary alicyclic amines) is 1. The number of aromatic nitrogens is 2. The Hall–Kier alpha value is -3.05. The summed E-state index contributed by atoms with van der Waals surface area (Å²) < 4.78 is 0. The smallest absolute Gasteiger partial charge is 0.255 e. The van der Waals surface area contributed by atoms with Crippen LogP contribution in [-0.4, -0.2) is 39.9 Å². The van der Waals surface area contributed by atoms with Crippen molar-refractivity contribution >= 4 is 5.91 Å². The minimum Gasteiger partial charge on any atom is -0.348 e. The van der Waals surface area contributed by atoms with Crippen LogP contribution in [0.1, 0.15) is 28.2 Å². The number of nitrogens with zero attached hydrogens (tertiary/aromatic N) is 3. The van der Waals surface area contributed by atoms with Crippen LogP contribution in [0.25, 0.3) is 11.3 Å². The summed E-state index contributed by atoms with van der Waals surface area (Å²) in [7, 11) is 0. The number of nitrogens with one attached hydrogen (secondary N) is 1. The monoisotopic (exact) mass is 372 g/mol. The van der Waals surface area contributed by atoms with Crippen LogP contribution >= 0.6 is 0 Å². The molecule has 0 unspecified atom stereocenters. The Morgan fingerprint density at radius 1 is 1.11 bits per heavy atom. The average molecular weight is 372 g/mol. The van der Waals surface area contributed by atoms with Gasteiger partial charge in [-0.25, -0.2) is 9.97 Å². The number of carbonyl (C=O) groups excluding carboxylic acids is 1. The second-order valence-electron chi connectivity index (χ2n) is 7.23. The number of carbonyl (C=O) groups is 1. The number of aryl methyl sites for hydroxylation is 1. The fraction of sp³-hybridized carbons (Fsp3) is 0.261. The third-order valence-electron chi connectivity index (χ3n) is 5.06. The van der Waals surface area contributed by atoms with Crippen LogP contribution in [0.5, 0.6) is 0 Å². The highest BCUT2D eigenvalue weighted by atomic mass is 16.1. The lowest BCUT2D eigenvalue weighted by molar-refractivity contribution is 0.0937. The first-order valence-corrected chi connectivity index (χ1v) is 9.65. The molecule has 5 nitrogen and oxygen atoms in total. The summed E-state index contributed by atoms with van der Waals surface area (Å²) in [4.78, 5) is 24.1. The molecular weight excluding hydrogens is 348 g/mol. The summed E-state index contributed by atoms with van der Waals surface area (Å²) in [6, 6.07) is 20.4. The summed E-state index contributed by atoms with van der Waals surface area (Å²) in [6.45, 7) is 4.59. The molecule has 0 radical (unpaired) electrons. The predicted molar refractivity (Wildman–Crippen MR) is 110 cm³/mol. The number of hydrogen-bond acceptors (Lipinski definition) is 4. The quantitative estimate of drug-likeness (QED) is 0.745. The van der Waals surface area contributed by atoms with Gasteiger partial charge < -0.3 is 5.32 Å². The highest BCUT2D eigenvalue weighted by molar-refractivity contribution is 5.99. The van der Waals surface area contributed by atoms with Crippen LogP contribution in [0, 0.1) is 6.92 Å². The van der Waals surface area contributed by atoms with Gasteiger partial charge in [-0.3, -0.25) is 9.69 Å². The van der Waals surface area contributed by atoms with Crippen molar-refractivity contribution in [1.29, 1.82) is 0 Å². The third kappa shape index (κ3) is 4.26. The van der Waals surface area contributed by atoms with Gasteiger partial charge in [-0.15, -0.1) is 0 Å². The van der Waals surface area contributed by atoms with Crippen molar-refractivity contribution in [3.05, 3.63) is 83.8 Å². The zero-order valence-electron chi connectivity index (χ0n) is 16.0. The molecule has 0 spiro atoms. The maximum absolute atomic E-state index is 13.0. The van der Waals surface area contributed by atoms with E-state index in [1.54, 1.807) is 6.20 Å². The van der Waals surface area contributed by atoms with Gasteiger partial charge in [-0.1, -0.05) is 60.7 Å². The topological polar surface area (TPSA) is 58.1 Å². The molecule has 3 aromatic rings. The van der Waals surface area contributed by atoms with Gasteiger partial charge >= 0.3 is 0 Å². The van der Waals surface area contributed by atoms with Crippen LogP contribution in [0.3, 0.4) is 0 Å². The normalized spacial score (nSPS) is 16.8. The summed E-state index contributed by atoms with van der Waals surface area (Å²) in [5.74, 6) is 0.552. The predicted octanol–water partition coefficient (Wildman–Crippen LogP) is 3.46. The van der Waals surface area contributed by atoms with E-state index in [9.17, 15) is 4.79 Å². The first kappa shape index (κ1) is 18.3.